The van der Waals surface area contributed by atoms with Gasteiger partial charge in [-0.3, -0.25) is 0 Å². The van der Waals surface area contributed by atoms with Crippen LogP contribution in [0.4, 0.5) is 0 Å². The normalized spacial score (nSPS) is 11.5. The highest BCUT2D eigenvalue weighted by Crippen LogP contribution is 2.59. The van der Waals surface area contributed by atoms with Crippen LogP contribution >= 0.6 is 0 Å². The largest absolute Gasteiger partial charge is 0.0683 e. The third-order valence-electron chi connectivity index (χ3n) is 11.2. The highest BCUT2D eigenvalue weighted by atomic mass is 14.3. The first-order chi connectivity index (χ1) is 26.9. The molecule has 0 unspecified atom stereocenters. The van der Waals surface area contributed by atoms with E-state index < -0.39 is 0 Å². The van der Waals surface area contributed by atoms with Crippen molar-refractivity contribution in [3.05, 3.63) is 194 Å². The SMILES string of the molecule is CC.c1ccc(-c2c3c(c(-c4ccccc4)c4ccccc24)-c2ccc(-c4c5ccccc5c(-c5ccccc5)c5ccccc45)c4cccc-3c24)cc1. The molecule has 0 bridgehead atoms. The number of benzene rings is 10. The van der Waals surface area contributed by atoms with Crippen molar-refractivity contribution < 1.29 is 0 Å². The molecule has 0 radical (unpaired) electrons. The zero-order chi connectivity index (χ0) is 36.2. The molecule has 0 N–H and O–H groups in total. The van der Waals surface area contributed by atoms with Crippen molar-refractivity contribution in [3.8, 4) is 66.8 Å². The second-order valence-electron chi connectivity index (χ2n) is 13.9. The van der Waals surface area contributed by atoms with Gasteiger partial charge in [-0.05, 0) is 110 Å². The van der Waals surface area contributed by atoms with E-state index >= 15 is 0 Å². The van der Waals surface area contributed by atoms with E-state index in [0.717, 1.165) is 0 Å². The van der Waals surface area contributed by atoms with E-state index in [1.807, 2.05) is 13.8 Å². The Morgan fingerprint density at radius 1 is 0.204 bits per heavy atom. The van der Waals surface area contributed by atoms with E-state index in [1.54, 1.807) is 0 Å². The Morgan fingerprint density at radius 2 is 0.519 bits per heavy atom. The Morgan fingerprint density at radius 3 is 0.963 bits per heavy atom. The van der Waals surface area contributed by atoms with Crippen molar-refractivity contribution in [1.29, 1.82) is 0 Å². The quantitative estimate of drug-likeness (QED) is 0.162. The van der Waals surface area contributed by atoms with Crippen molar-refractivity contribution in [2.24, 2.45) is 0 Å². The van der Waals surface area contributed by atoms with Crippen LogP contribution in [-0.4, -0.2) is 0 Å². The van der Waals surface area contributed by atoms with Crippen LogP contribution in [-0.2, 0) is 0 Å². The summed E-state index contributed by atoms with van der Waals surface area (Å²) in [6.45, 7) is 4.00. The molecule has 0 heterocycles. The van der Waals surface area contributed by atoms with Crippen molar-refractivity contribution in [2.75, 3.05) is 0 Å². The highest BCUT2D eigenvalue weighted by molar-refractivity contribution is 6.31. The third-order valence-corrected chi connectivity index (χ3v) is 11.2. The number of rotatable bonds is 4. The monoisotopic (exact) mass is 686 g/mol. The molecule has 0 atom stereocenters. The lowest BCUT2D eigenvalue weighted by molar-refractivity contribution is 1.50. The topological polar surface area (TPSA) is 0 Å². The zero-order valence-electron chi connectivity index (χ0n) is 30.5. The van der Waals surface area contributed by atoms with Gasteiger partial charge in [-0.25, -0.2) is 0 Å². The molecular weight excluding hydrogens is 649 g/mol. The molecule has 0 fully saturated rings. The Labute approximate surface area is 316 Å². The van der Waals surface area contributed by atoms with Gasteiger partial charge in [-0.15, -0.1) is 0 Å². The summed E-state index contributed by atoms with van der Waals surface area (Å²) in [6, 6.07) is 71.6. The Balaban J connectivity index is 0.00000178. The van der Waals surface area contributed by atoms with E-state index in [4.69, 9.17) is 0 Å². The average Bonchev–Trinajstić information content (AvgIpc) is 3.58. The van der Waals surface area contributed by atoms with Gasteiger partial charge in [0.2, 0.25) is 0 Å². The fourth-order valence-electron chi connectivity index (χ4n) is 9.16. The molecule has 1 aliphatic rings. The van der Waals surface area contributed by atoms with Crippen molar-refractivity contribution in [2.45, 2.75) is 13.8 Å². The predicted molar refractivity (Wildman–Crippen MR) is 234 cm³/mol. The van der Waals surface area contributed by atoms with Gasteiger partial charge < -0.3 is 0 Å². The number of hydrogen-bond acceptors (Lipinski definition) is 0. The van der Waals surface area contributed by atoms with Gasteiger partial charge in [0.1, 0.15) is 0 Å². The second-order valence-corrected chi connectivity index (χ2v) is 13.9. The molecule has 54 heavy (non-hydrogen) atoms. The van der Waals surface area contributed by atoms with Gasteiger partial charge in [0.15, 0.2) is 0 Å². The summed E-state index contributed by atoms with van der Waals surface area (Å²) >= 11 is 0. The first-order valence-corrected chi connectivity index (χ1v) is 19.1. The minimum atomic E-state index is 1.24. The molecule has 1 aliphatic carbocycles. The maximum Gasteiger partial charge on any atom is -0.000741 e. The van der Waals surface area contributed by atoms with Gasteiger partial charge in [0.25, 0.3) is 0 Å². The van der Waals surface area contributed by atoms with Gasteiger partial charge in [0.05, 0.1) is 0 Å². The summed E-state index contributed by atoms with van der Waals surface area (Å²) in [7, 11) is 0. The van der Waals surface area contributed by atoms with Crippen LogP contribution in [0.1, 0.15) is 13.8 Å². The zero-order valence-corrected chi connectivity index (χ0v) is 30.5. The lowest BCUT2D eigenvalue weighted by atomic mass is 9.82. The molecule has 0 saturated carbocycles. The van der Waals surface area contributed by atoms with Crippen molar-refractivity contribution in [3.63, 3.8) is 0 Å². The Bertz CT molecular complexity index is 2880. The molecule has 0 saturated heterocycles. The van der Waals surface area contributed by atoms with Crippen LogP contribution in [0, 0.1) is 0 Å². The third kappa shape index (κ3) is 4.70. The van der Waals surface area contributed by atoms with Gasteiger partial charge in [0, 0.05) is 0 Å². The van der Waals surface area contributed by atoms with Crippen molar-refractivity contribution >= 4 is 43.1 Å². The maximum atomic E-state index is 2.41. The standard InChI is InChI=1S/C52H32.C2H6/c1-4-17-33(18-5-1)46-36-23-10-14-27-40(36)49(41-28-15-11-24-37(41)46)43-31-32-45-50-42(43)29-16-30-44(50)51-47(34-19-6-2-7-20-34)38-25-12-13-26-39(38)48(52(45)51)35-21-8-3-9-22-35;1-2/h1-32H;1-2H3. The summed E-state index contributed by atoms with van der Waals surface area (Å²) in [6.07, 6.45) is 0. The first kappa shape index (κ1) is 31.9. The summed E-state index contributed by atoms with van der Waals surface area (Å²) in [4.78, 5) is 0. The molecular formula is C54H38. The molecule has 0 spiro atoms. The van der Waals surface area contributed by atoms with Crippen molar-refractivity contribution in [1.82, 2.24) is 0 Å². The van der Waals surface area contributed by atoms with Crippen LogP contribution in [0.15, 0.2) is 194 Å². The van der Waals surface area contributed by atoms with Crippen LogP contribution < -0.4 is 0 Å². The Kier molecular flexibility index (Phi) is 7.70. The minimum absolute atomic E-state index is 1.24. The number of hydrogen-bond donors (Lipinski definition) is 0. The van der Waals surface area contributed by atoms with Crippen LogP contribution in [0.2, 0.25) is 0 Å². The average molecular weight is 687 g/mol. The van der Waals surface area contributed by atoms with Gasteiger partial charge in [-0.2, -0.15) is 0 Å². The molecule has 11 rings (SSSR count). The van der Waals surface area contributed by atoms with E-state index in [-0.39, 0.29) is 0 Å². The van der Waals surface area contributed by atoms with Crippen LogP contribution in [0.25, 0.3) is 110 Å². The predicted octanol–water partition coefficient (Wildman–Crippen LogP) is 15.6. The summed E-state index contributed by atoms with van der Waals surface area (Å²) in [5.41, 5.74) is 15.5. The van der Waals surface area contributed by atoms with E-state index in [1.165, 1.54) is 110 Å². The molecule has 254 valence electrons. The second kappa shape index (κ2) is 13.0. The van der Waals surface area contributed by atoms with E-state index in [0.29, 0.717) is 0 Å². The molecule has 10 aromatic rings. The summed E-state index contributed by atoms with van der Waals surface area (Å²) in [5, 5.41) is 10.3. The molecule has 10 aromatic carbocycles. The van der Waals surface area contributed by atoms with Crippen LogP contribution in [0.3, 0.4) is 0 Å². The van der Waals surface area contributed by atoms with Gasteiger partial charge >= 0.3 is 0 Å². The summed E-state index contributed by atoms with van der Waals surface area (Å²) in [5.74, 6) is 0. The molecule has 0 aromatic heterocycles. The highest BCUT2D eigenvalue weighted by Gasteiger charge is 2.31. The smallest absolute Gasteiger partial charge is 0.000741 e. The molecule has 0 nitrogen and oxygen atoms in total. The molecule has 0 heteroatoms. The fraction of sp³-hybridized carbons (Fsp3) is 0.0370. The number of fused-ring (bicyclic) bond motifs is 6. The maximum absolute atomic E-state index is 2.41. The Hall–Kier alpha value is -6.76. The lowest BCUT2D eigenvalue weighted by Gasteiger charge is -2.20. The van der Waals surface area contributed by atoms with Gasteiger partial charge in [-0.1, -0.05) is 208 Å². The van der Waals surface area contributed by atoms with Crippen LogP contribution in [0.5, 0.6) is 0 Å². The minimum Gasteiger partial charge on any atom is -0.0683 e. The molecule has 0 amide bonds. The summed E-state index contributed by atoms with van der Waals surface area (Å²) < 4.78 is 0. The lowest BCUT2D eigenvalue weighted by Crippen LogP contribution is -1.93. The molecule has 0 aliphatic heterocycles. The van der Waals surface area contributed by atoms with E-state index in [2.05, 4.69) is 194 Å². The van der Waals surface area contributed by atoms with E-state index in [9.17, 15) is 0 Å². The fourth-order valence-corrected chi connectivity index (χ4v) is 9.16. The first-order valence-electron chi connectivity index (χ1n) is 19.1.